The van der Waals surface area contributed by atoms with Crippen molar-refractivity contribution >= 4 is 12.6 Å². The van der Waals surface area contributed by atoms with E-state index < -0.39 is 0 Å². The van der Waals surface area contributed by atoms with Crippen LogP contribution in [0.2, 0.25) is 0 Å². The lowest BCUT2D eigenvalue weighted by atomic mass is 10.1. The fourth-order valence-electron chi connectivity index (χ4n) is 1.03. The van der Waals surface area contributed by atoms with Crippen LogP contribution in [0.15, 0.2) is 11.6 Å². The Balaban J connectivity index is 2.28. The van der Waals surface area contributed by atoms with Gasteiger partial charge in [-0.1, -0.05) is 11.6 Å². The van der Waals surface area contributed by atoms with Crippen molar-refractivity contribution in [2.45, 2.75) is 12.8 Å². The van der Waals surface area contributed by atoms with Gasteiger partial charge in [0.1, 0.15) is 0 Å². The summed E-state index contributed by atoms with van der Waals surface area (Å²) in [6.45, 7) is 2.23. The summed E-state index contributed by atoms with van der Waals surface area (Å²) in [5.41, 5.74) is 1.52. The molecule has 0 bridgehead atoms. The van der Waals surface area contributed by atoms with Gasteiger partial charge in [0, 0.05) is 6.54 Å². The van der Waals surface area contributed by atoms with Crippen molar-refractivity contribution in [2.24, 2.45) is 0 Å². The van der Waals surface area contributed by atoms with E-state index in [1.807, 2.05) is 0 Å². The molecular formula is C7H13NS. The van der Waals surface area contributed by atoms with Crippen LogP contribution in [-0.2, 0) is 0 Å². The van der Waals surface area contributed by atoms with Crippen molar-refractivity contribution in [2.75, 3.05) is 18.8 Å². The van der Waals surface area contributed by atoms with E-state index in [2.05, 4.69) is 24.0 Å². The zero-order valence-electron chi connectivity index (χ0n) is 5.56. The molecule has 1 N–H and O–H groups in total. The van der Waals surface area contributed by atoms with Crippen LogP contribution in [0.4, 0.5) is 0 Å². The number of thiol groups is 1. The largest absolute Gasteiger partial charge is 0.313 e. The van der Waals surface area contributed by atoms with Gasteiger partial charge in [0.25, 0.3) is 0 Å². The fourth-order valence-corrected chi connectivity index (χ4v) is 1.32. The molecule has 0 aromatic carbocycles. The molecular weight excluding hydrogens is 130 g/mol. The lowest BCUT2D eigenvalue weighted by Gasteiger charge is -2.12. The third kappa shape index (κ3) is 2.41. The summed E-state index contributed by atoms with van der Waals surface area (Å²) in [7, 11) is 0. The van der Waals surface area contributed by atoms with Crippen LogP contribution in [0.25, 0.3) is 0 Å². The van der Waals surface area contributed by atoms with E-state index in [1.54, 1.807) is 0 Å². The molecule has 0 atom stereocenters. The quantitative estimate of drug-likeness (QED) is 0.437. The third-order valence-electron chi connectivity index (χ3n) is 1.54. The van der Waals surface area contributed by atoms with Gasteiger partial charge in [-0.05, 0) is 25.1 Å². The van der Waals surface area contributed by atoms with Crippen molar-refractivity contribution < 1.29 is 0 Å². The van der Waals surface area contributed by atoms with E-state index in [0.29, 0.717) is 0 Å². The molecule has 0 aromatic rings. The minimum absolute atomic E-state index is 0.980. The summed E-state index contributed by atoms with van der Waals surface area (Å²) in [6, 6.07) is 0. The SMILES string of the molecule is SCCC1=CCCNC1. The van der Waals surface area contributed by atoms with E-state index in [-0.39, 0.29) is 0 Å². The zero-order chi connectivity index (χ0) is 6.53. The Labute approximate surface area is 61.9 Å². The zero-order valence-corrected chi connectivity index (χ0v) is 6.45. The fraction of sp³-hybridized carbons (Fsp3) is 0.714. The van der Waals surface area contributed by atoms with Gasteiger partial charge in [-0.15, -0.1) is 0 Å². The molecule has 1 nitrogen and oxygen atoms in total. The molecule has 1 aliphatic rings. The molecule has 0 aromatic heterocycles. The predicted molar refractivity (Wildman–Crippen MR) is 44.0 cm³/mol. The van der Waals surface area contributed by atoms with E-state index in [9.17, 15) is 0 Å². The summed E-state index contributed by atoms with van der Waals surface area (Å²) >= 11 is 4.16. The summed E-state index contributed by atoms with van der Waals surface area (Å²) in [4.78, 5) is 0. The van der Waals surface area contributed by atoms with E-state index in [1.165, 1.54) is 12.0 Å². The van der Waals surface area contributed by atoms with E-state index in [4.69, 9.17) is 0 Å². The highest BCUT2D eigenvalue weighted by Crippen LogP contribution is 2.05. The molecule has 0 spiro atoms. The van der Waals surface area contributed by atoms with Gasteiger partial charge in [-0.25, -0.2) is 0 Å². The molecule has 0 saturated carbocycles. The predicted octanol–water partition coefficient (Wildman–Crippen LogP) is 1.23. The van der Waals surface area contributed by atoms with Crippen LogP contribution in [0.1, 0.15) is 12.8 Å². The molecule has 0 amide bonds. The van der Waals surface area contributed by atoms with Gasteiger partial charge in [0.15, 0.2) is 0 Å². The number of hydrogen-bond donors (Lipinski definition) is 2. The first kappa shape index (κ1) is 7.16. The van der Waals surface area contributed by atoms with Crippen molar-refractivity contribution in [3.8, 4) is 0 Å². The summed E-state index contributed by atoms with van der Waals surface area (Å²) in [6.07, 6.45) is 4.67. The van der Waals surface area contributed by atoms with Crippen LogP contribution in [0.5, 0.6) is 0 Å². The van der Waals surface area contributed by atoms with Gasteiger partial charge in [0.05, 0.1) is 0 Å². The molecule has 52 valence electrons. The average Bonchev–Trinajstić information content (AvgIpc) is 1.91. The van der Waals surface area contributed by atoms with Crippen LogP contribution in [0, 0.1) is 0 Å². The number of nitrogens with one attached hydrogen (secondary N) is 1. The van der Waals surface area contributed by atoms with Crippen LogP contribution in [0.3, 0.4) is 0 Å². The maximum Gasteiger partial charge on any atom is 0.0165 e. The van der Waals surface area contributed by atoms with Crippen molar-refractivity contribution in [1.82, 2.24) is 5.32 Å². The first-order valence-corrected chi connectivity index (χ1v) is 4.06. The maximum atomic E-state index is 4.16. The van der Waals surface area contributed by atoms with Crippen LogP contribution >= 0.6 is 12.6 Å². The number of rotatable bonds is 2. The molecule has 0 aliphatic carbocycles. The third-order valence-corrected chi connectivity index (χ3v) is 1.76. The van der Waals surface area contributed by atoms with Gasteiger partial charge < -0.3 is 5.32 Å². The maximum absolute atomic E-state index is 4.16. The standard InChI is InChI=1S/C7H13NS/c9-5-3-7-2-1-4-8-6-7/h2,8-9H,1,3-6H2. The topological polar surface area (TPSA) is 12.0 Å². The minimum Gasteiger partial charge on any atom is -0.313 e. The van der Waals surface area contributed by atoms with E-state index in [0.717, 1.165) is 25.3 Å². The summed E-state index contributed by atoms with van der Waals surface area (Å²) < 4.78 is 0. The molecule has 0 radical (unpaired) electrons. The van der Waals surface area contributed by atoms with Crippen molar-refractivity contribution in [3.63, 3.8) is 0 Å². The summed E-state index contributed by atoms with van der Waals surface area (Å²) in [5.74, 6) is 0.980. The Kier molecular flexibility index (Phi) is 3.15. The molecule has 1 aliphatic heterocycles. The first-order chi connectivity index (χ1) is 4.43. The normalized spacial score (nSPS) is 19.4. The Morgan fingerprint density at radius 1 is 1.67 bits per heavy atom. The molecule has 2 heteroatoms. The van der Waals surface area contributed by atoms with Gasteiger partial charge in [-0.3, -0.25) is 0 Å². The van der Waals surface area contributed by atoms with Crippen LogP contribution < -0.4 is 5.32 Å². The molecule has 1 heterocycles. The van der Waals surface area contributed by atoms with E-state index >= 15 is 0 Å². The Morgan fingerprint density at radius 2 is 2.56 bits per heavy atom. The minimum atomic E-state index is 0.980. The first-order valence-electron chi connectivity index (χ1n) is 3.43. The molecule has 0 saturated heterocycles. The van der Waals surface area contributed by atoms with Gasteiger partial charge in [-0.2, -0.15) is 12.6 Å². The second-order valence-corrected chi connectivity index (χ2v) is 2.75. The summed E-state index contributed by atoms with van der Waals surface area (Å²) in [5, 5.41) is 3.32. The van der Waals surface area contributed by atoms with Crippen LogP contribution in [-0.4, -0.2) is 18.8 Å². The van der Waals surface area contributed by atoms with Crippen molar-refractivity contribution in [3.05, 3.63) is 11.6 Å². The highest BCUT2D eigenvalue weighted by molar-refractivity contribution is 7.80. The molecule has 1 rings (SSSR count). The highest BCUT2D eigenvalue weighted by atomic mass is 32.1. The van der Waals surface area contributed by atoms with Gasteiger partial charge in [0.2, 0.25) is 0 Å². The Bertz CT molecular complexity index is 109. The Hall–Kier alpha value is 0.0500. The second-order valence-electron chi connectivity index (χ2n) is 2.30. The van der Waals surface area contributed by atoms with Gasteiger partial charge >= 0.3 is 0 Å². The molecule has 0 unspecified atom stereocenters. The van der Waals surface area contributed by atoms with Crippen molar-refractivity contribution in [1.29, 1.82) is 0 Å². The molecule has 9 heavy (non-hydrogen) atoms. The Morgan fingerprint density at radius 3 is 3.11 bits per heavy atom. The average molecular weight is 143 g/mol. The lowest BCUT2D eigenvalue weighted by molar-refractivity contribution is 0.688. The monoisotopic (exact) mass is 143 g/mol. The number of hydrogen-bond acceptors (Lipinski definition) is 2. The second kappa shape index (κ2) is 3.96. The molecule has 0 fully saturated rings. The lowest BCUT2D eigenvalue weighted by Crippen LogP contribution is -2.22. The highest BCUT2D eigenvalue weighted by Gasteiger charge is 1.99. The smallest absolute Gasteiger partial charge is 0.0165 e.